The van der Waals surface area contributed by atoms with Crippen LogP contribution in [0, 0.1) is 0 Å². The molecule has 5 heteroatoms. The number of hydrogen-bond acceptors (Lipinski definition) is 3. The summed E-state index contributed by atoms with van der Waals surface area (Å²) in [5.74, 6) is -0.574. The van der Waals surface area contributed by atoms with Crippen molar-refractivity contribution in [2.75, 3.05) is 6.26 Å². The molecule has 0 amide bonds. The van der Waals surface area contributed by atoms with E-state index in [1.807, 2.05) is 10.7 Å². The van der Waals surface area contributed by atoms with Crippen LogP contribution in [-0.2, 0) is 0 Å². The van der Waals surface area contributed by atoms with Crippen molar-refractivity contribution in [3.8, 4) is 0 Å². The SMILES string of the molecule is CSc1nc2cc(C(=O)O)ccn2c1C(C)C. The molecule has 0 saturated carbocycles. The van der Waals surface area contributed by atoms with Gasteiger partial charge < -0.3 is 9.51 Å². The second-order valence-electron chi connectivity index (χ2n) is 4.11. The van der Waals surface area contributed by atoms with Crippen molar-refractivity contribution in [3.05, 3.63) is 29.6 Å². The first-order valence-electron chi connectivity index (χ1n) is 5.34. The fraction of sp³-hybridized carbons (Fsp3) is 0.333. The molecule has 90 valence electrons. The normalized spacial score (nSPS) is 11.3. The van der Waals surface area contributed by atoms with Gasteiger partial charge in [0.25, 0.3) is 0 Å². The summed E-state index contributed by atoms with van der Waals surface area (Å²) in [4.78, 5) is 15.4. The Morgan fingerprint density at radius 1 is 1.53 bits per heavy atom. The van der Waals surface area contributed by atoms with E-state index in [0.29, 0.717) is 11.6 Å². The van der Waals surface area contributed by atoms with Crippen LogP contribution >= 0.6 is 11.8 Å². The number of thioether (sulfide) groups is 1. The summed E-state index contributed by atoms with van der Waals surface area (Å²) >= 11 is 1.58. The largest absolute Gasteiger partial charge is 0.478 e. The predicted octanol–water partition coefficient (Wildman–Crippen LogP) is 2.88. The lowest BCUT2D eigenvalue weighted by atomic mass is 10.1. The molecule has 0 fully saturated rings. The Morgan fingerprint density at radius 2 is 2.24 bits per heavy atom. The second-order valence-corrected chi connectivity index (χ2v) is 4.90. The van der Waals surface area contributed by atoms with Crippen LogP contribution in [0.5, 0.6) is 0 Å². The van der Waals surface area contributed by atoms with E-state index in [4.69, 9.17) is 5.11 Å². The first-order chi connectivity index (χ1) is 8.04. The standard InChI is InChI=1S/C12H14N2O2S/c1-7(2)10-11(17-3)13-9-6-8(12(15)16)4-5-14(9)10/h4-7H,1-3H3,(H,15,16). The predicted molar refractivity (Wildman–Crippen MR) is 68.0 cm³/mol. The maximum atomic E-state index is 10.9. The van der Waals surface area contributed by atoms with Crippen molar-refractivity contribution in [1.29, 1.82) is 0 Å². The van der Waals surface area contributed by atoms with Crippen LogP contribution in [0.1, 0.15) is 35.8 Å². The zero-order valence-electron chi connectivity index (χ0n) is 9.97. The third kappa shape index (κ3) is 2.02. The summed E-state index contributed by atoms with van der Waals surface area (Å²) < 4.78 is 1.96. The third-order valence-corrected chi connectivity index (χ3v) is 3.30. The minimum absolute atomic E-state index is 0.269. The number of carboxylic acids is 1. The van der Waals surface area contributed by atoms with Crippen molar-refractivity contribution in [2.24, 2.45) is 0 Å². The van der Waals surface area contributed by atoms with Gasteiger partial charge in [0.15, 0.2) is 0 Å². The average Bonchev–Trinajstić information content (AvgIpc) is 2.65. The third-order valence-electron chi connectivity index (χ3n) is 2.62. The molecule has 0 spiro atoms. The molecule has 0 radical (unpaired) electrons. The van der Waals surface area contributed by atoms with E-state index >= 15 is 0 Å². The summed E-state index contributed by atoms with van der Waals surface area (Å²) in [6.07, 6.45) is 3.76. The lowest BCUT2D eigenvalue weighted by molar-refractivity contribution is 0.0697. The highest BCUT2D eigenvalue weighted by Crippen LogP contribution is 2.27. The van der Waals surface area contributed by atoms with E-state index in [1.54, 1.807) is 30.1 Å². The molecule has 0 aliphatic carbocycles. The number of fused-ring (bicyclic) bond motifs is 1. The van der Waals surface area contributed by atoms with Gasteiger partial charge in [-0.25, -0.2) is 9.78 Å². The first kappa shape index (κ1) is 12.0. The Bertz CT molecular complexity index is 575. The minimum Gasteiger partial charge on any atom is -0.478 e. The number of aromatic carboxylic acids is 1. The van der Waals surface area contributed by atoms with Gasteiger partial charge in [0.1, 0.15) is 10.7 Å². The maximum absolute atomic E-state index is 10.9. The molecule has 0 aromatic carbocycles. The molecule has 0 aliphatic rings. The summed E-state index contributed by atoms with van der Waals surface area (Å²) in [5, 5.41) is 9.91. The van der Waals surface area contributed by atoms with Crippen LogP contribution in [0.2, 0.25) is 0 Å². The quantitative estimate of drug-likeness (QED) is 0.851. The van der Waals surface area contributed by atoms with Gasteiger partial charge in [-0.15, -0.1) is 11.8 Å². The Kier molecular flexibility index (Phi) is 3.11. The lowest BCUT2D eigenvalue weighted by Gasteiger charge is -2.06. The summed E-state index contributed by atoms with van der Waals surface area (Å²) in [6.45, 7) is 4.21. The summed E-state index contributed by atoms with van der Waals surface area (Å²) in [7, 11) is 0. The van der Waals surface area contributed by atoms with Gasteiger partial charge in [0.05, 0.1) is 11.3 Å². The zero-order valence-corrected chi connectivity index (χ0v) is 10.8. The monoisotopic (exact) mass is 250 g/mol. The van der Waals surface area contributed by atoms with Gasteiger partial charge in [-0.05, 0) is 24.3 Å². The molecule has 0 unspecified atom stereocenters. The molecule has 0 bridgehead atoms. The zero-order chi connectivity index (χ0) is 12.6. The highest BCUT2D eigenvalue weighted by atomic mass is 32.2. The number of nitrogens with zero attached hydrogens (tertiary/aromatic N) is 2. The van der Waals surface area contributed by atoms with E-state index in [2.05, 4.69) is 18.8 Å². The van der Waals surface area contributed by atoms with Crippen LogP contribution < -0.4 is 0 Å². The molecule has 2 heterocycles. The molecule has 0 saturated heterocycles. The second kappa shape index (κ2) is 4.41. The molecule has 4 nitrogen and oxygen atoms in total. The van der Waals surface area contributed by atoms with Gasteiger partial charge in [-0.3, -0.25) is 0 Å². The topological polar surface area (TPSA) is 54.6 Å². The molecule has 1 N–H and O–H groups in total. The Morgan fingerprint density at radius 3 is 2.76 bits per heavy atom. The Balaban J connectivity index is 2.69. The van der Waals surface area contributed by atoms with Gasteiger partial charge >= 0.3 is 5.97 Å². The molecule has 17 heavy (non-hydrogen) atoms. The molecule has 0 atom stereocenters. The van der Waals surface area contributed by atoms with Crippen molar-refractivity contribution < 1.29 is 9.90 Å². The fourth-order valence-electron chi connectivity index (χ4n) is 1.85. The van der Waals surface area contributed by atoms with Crippen molar-refractivity contribution in [2.45, 2.75) is 24.8 Å². The van der Waals surface area contributed by atoms with Gasteiger partial charge in [0, 0.05) is 6.20 Å². The Hall–Kier alpha value is -1.49. The van der Waals surface area contributed by atoms with E-state index in [9.17, 15) is 4.79 Å². The van der Waals surface area contributed by atoms with Crippen LogP contribution in [0.15, 0.2) is 23.4 Å². The van der Waals surface area contributed by atoms with Gasteiger partial charge in [0.2, 0.25) is 0 Å². The van der Waals surface area contributed by atoms with Crippen molar-refractivity contribution in [3.63, 3.8) is 0 Å². The van der Waals surface area contributed by atoms with Crippen LogP contribution in [0.25, 0.3) is 5.65 Å². The molecule has 2 aromatic rings. The number of rotatable bonds is 3. The van der Waals surface area contributed by atoms with Crippen LogP contribution in [-0.4, -0.2) is 26.7 Å². The fourth-order valence-corrected chi connectivity index (χ4v) is 2.58. The molecular formula is C12H14N2O2S. The molecular weight excluding hydrogens is 236 g/mol. The molecule has 2 aromatic heterocycles. The number of aromatic nitrogens is 2. The number of pyridine rings is 1. The van der Waals surface area contributed by atoms with Gasteiger partial charge in [-0.1, -0.05) is 13.8 Å². The summed E-state index contributed by atoms with van der Waals surface area (Å²) in [5.41, 5.74) is 2.09. The van der Waals surface area contributed by atoms with Crippen LogP contribution in [0.3, 0.4) is 0 Å². The first-order valence-corrected chi connectivity index (χ1v) is 6.56. The Labute approximate surface area is 104 Å². The van der Waals surface area contributed by atoms with E-state index in [1.165, 1.54) is 0 Å². The maximum Gasteiger partial charge on any atom is 0.335 e. The lowest BCUT2D eigenvalue weighted by Crippen LogP contribution is -2.00. The van der Waals surface area contributed by atoms with Crippen molar-refractivity contribution in [1.82, 2.24) is 9.38 Å². The highest BCUT2D eigenvalue weighted by molar-refractivity contribution is 7.98. The summed E-state index contributed by atoms with van der Waals surface area (Å²) in [6, 6.07) is 3.21. The van der Waals surface area contributed by atoms with Crippen LogP contribution in [0.4, 0.5) is 0 Å². The number of imidazole rings is 1. The highest BCUT2D eigenvalue weighted by Gasteiger charge is 2.15. The smallest absolute Gasteiger partial charge is 0.335 e. The number of carboxylic acid groups (broad SMARTS) is 1. The molecule has 0 aliphatic heterocycles. The van der Waals surface area contributed by atoms with E-state index in [0.717, 1.165) is 10.7 Å². The number of hydrogen-bond donors (Lipinski definition) is 1. The minimum atomic E-state index is -0.924. The van der Waals surface area contributed by atoms with E-state index < -0.39 is 5.97 Å². The average molecular weight is 250 g/mol. The molecule has 2 rings (SSSR count). The van der Waals surface area contributed by atoms with Crippen molar-refractivity contribution >= 4 is 23.4 Å². The van der Waals surface area contributed by atoms with E-state index in [-0.39, 0.29) is 5.56 Å². The van der Waals surface area contributed by atoms with Gasteiger partial charge in [-0.2, -0.15) is 0 Å². The number of carbonyl (C=O) groups is 1.